The lowest BCUT2D eigenvalue weighted by Gasteiger charge is -2.34. The van der Waals surface area contributed by atoms with Crippen molar-refractivity contribution in [3.8, 4) is 5.75 Å². The van der Waals surface area contributed by atoms with Gasteiger partial charge in [-0.2, -0.15) is 0 Å². The van der Waals surface area contributed by atoms with Crippen LogP contribution in [0, 0.1) is 6.92 Å². The number of aryl methyl sites for hydroxylation is 1. The molecule has 4 heteroatoms. The van der Waals surface area contributed by atoms with Gasteiger partial charge in [0, 0.05) is 31.2 Å². The highest BCUT2D eigenvalue weighted by molar-refractivity contribution is 5.95. The van der Waals surface area contributed by atoms with Gasteiger partial charge in [0.15, 0.2) is 0 Å². The predicted octanol–water partition coefficient (Wildman–Crippen LogP) is 1.13. The first kappa shape index (κ1) is 11.9. The topological polar surface area (TPSA) is 52.6 Å². The molecule has 1 heterocycles. The van der Waals surface area contributed by atoms with Gasteiger partial charge in [-0.05, 0) is 31.5 Å². The van der Waals surface area contributed by atoms with Gasteiger partial charge in [-0.3, -0.25) is 4.79 Å². The van der Waals surface area contributed by atoms with E-state index in [0.717, 1.165) is 18.7 Å². The van der Waals surface area contributed by atoms with Crippen LogP contribution in [0.15, 0.2) is 18.2 Å². The number of hydrogen-bond acceptors (Lipinski definition) is 3. The molecule has 0 bridgehead atoms. The maximum atomic E-state index is 12.3. The highest BCUT2D eigenvalue weighted by Crippen LogP contribution is 2.19. The van der Waals surface area contributed by atoms with E-state index in [1.165, 1.54) is 0 Å². The zero-order valence-electron chi connectivity index (χ0n) is 10.2. The second-order valence-electron chi connectivity index (χ2n) is 4.55. The molecular weight excluding hydrogens is 216 g/mol. The normalized spacial score (nSPS) is 20.4. The van der Waals surface area contributed by atoms with Gasteiger partial charge in [0.2, 0.25) is 0 Å². The van der Waals surface area contributed by atoms with Crippen molar-refractivity contribution in [2.45, 2.75) is 19.9 Å². The molecule has 4 nitrogen and oxygen atoms in total. The summed E-state index contributed by atoms with van der Waals surface area (Å²) >= 11 is 0. The lowest BCUT2D eigenvalue weighted by atomic mass is 10.1. The molecule has 1 saturated heterocycles. The molecule has 1 aliphatic rings. The van der Waals surface area contributed by atoms with Crippen LogP contribution in [0.4, 0.5) is 0 Å². The molecule has 1 unspecified atom stereocenters. The molecule has 1 atom stereocenters. The highest BCUT2D eigenvalue weighted by Gasteiger charge is 2.24. The number of phenols is 1. The van der Waals surface area contributed by atoms with Gasteiger partial charge in [0.25, 0.3) is 5.91 Å². The number of carbonyl (C=O) groups is 1. The average molecular weight is 234 g/mol. The molecule has 2 N–H and O–H groups in total. The molecule has 17 heavy (non-hydrogen) atoms. The van der Waals surface area contributed by atoms with Crippen molar-refractivity contribution in [2.75, 3.05) is 19.6 Å². The van der Waals surface area contributed by atoms with E-state index >= 15 is 0 Å². The minimum absolute atomic E-state index is 0.00528. The van der Waals surface area contributed by atoms with Crippen molar-refractivity contribution >= 4 is 5.91 Å². The van der Waals surface area contributed by atoms with Gasteiger partial charge in [0.05, 0.1) is 0 Å². The molecule has 0 radical (unpaired) electrons. The van der Waals surface area contributed by atoms with Gasteiger partial charge < -0.3 is 15.3 Å². The quantitative estimate of drug-likeness (QED) is 0.766. The summed E-state index contributed by atoms with van der Waals surface area (Å²) in [7, 11) is 0. The van der Waals surface area contributed by atoms with E-state index in [2.05, 4.69) is 5.32 Å². The van der Waals surface area contributed by atoms with Gasteiger partial charge in [0.1, 0.15) is 5.75 Å². The second-order valence-corrected chi connectivity index (χ2v) is 4.55. The summed E-state index contributed by atoms with van der Waals surface area (Å²) in [5.41, 5.74) is 1.34. The van der Waals surface area contributed by atoms with Crippen molar-refractivity contribution in [1.82, 2.24) is 10.2 Å². The summed E-state index contributed by atoms with van der Waals surface area (Å²) < 4.78 is 0. The molecule has 0 aromatic heterocycles. The fourth-order valence-electron chi connectivity index (χ4n) is 2.05. The summed E-state index contributed by atoms with van der Waals surface area (Å²) in [5, 5.41) is 12.9. The Morgan fingerprint density at radius 3 is 2.94 bits per heavy atom. The molecule has 1 amide bonds. The summed E-state index contributed by atoms with van der Waals surface area (Å²) in [5.74, 6) is 0.174. The van der Waals surface area contributed by atoms with Crippen LogP contribution >= 0.6 is 0 Å². The number of rotatable bonds is 1. The van der Waals surface area contributed by atoms with E-state index < -0.39 is 0 Å². The smallest absolute Gasteiger partial charge is 0.254 e. The second kappa shape index (κ2) is 4.75. The molecule has 92 valence electrons. The Bertz CT molecular complexity index is 431. The predicted molar refractivity (Wildman–Crippen MR) is 66.2 cm³/mol. The van der Waals surface area contributed by atoms with E-state index in [4.69, 9.17) is 0 Å². The first-order valence-corrected chi connectivity index (χ1v) is 5.91. The maximum absolute atomic E-state index is 12.3. The zero-order valence-corrected chi connectivity index (χ0v) is 10.2. The van der Waals surface area contributed by atoms with Crippen molar-refractivity contribution in [3.63, 3.8) is 0 Å². The molecule has 1 aromatic carbocycles. The van der Waals surface area contributed by atoms with E-state index in [1.807, 2.05) is 18.7 Å². The molecule has 0 saturated carbocycles. The van der Waals surface area contributed by atoms with Crippen molar-refractivity contribution in [3.05, 3.63) is 29.3 Å². The van der Waals surface area contributed by atoms with Gasteiger partial charge in [-0.15, -0.1) is 0 Å². The minimum atomic E-state index is -0.00528. The molecule has 0 spiro atoms. The van der Waals surface area contributed by atoms with Crippen LogP contribution in [0.1, 0.15) is 22.8 Å². The fourth-order valence-corrected chi connectivity index (χ4v) is 2.05. The number of amides is 1. The Hall–Kier alpha value is -1.55. The monoisotopic (exact) mass is 234 g/mol. The Morgan fingerprint density at radius 2 is 2.29 bits per heavy atom. The lowest BCUT2D eigenvalue weighted by Crippen LogP contribution is -2.52. The third-order valence-electron chi connectivity index (χ3n) is 3.22. The molecule has 2 rings (SSSR count). The SMILES string of the molecule is Cc1ccc(C(=O)N2CCNCC2C)cc1O. The Kier molecular flexibility index (Phi) is 3.33. The van der Waals surface area contributed by atoms with Crippen LogP contribution in [0.3, 0.4) is 0 Å². The third-order valence-corrected chi connectivity index (χ3v) is 3.22. The Morgan fingerprint density at radius 1 is 1.53 bits per heavy atom. The average Bonchev–Trinajstić information content (AvgIpc) is 2.32. The number of nitrogens with zero attached hydrogens (tertiary/aromatic N) is 1. The number of nitrogens with one attached hydrogen (secondary N) is 1. The Balaban J connectivity index is 2.21. The first-order chi connectivity index (χ1) is 8.09. The fraction of sp³-hybridized carbons (Fsp3) is 0.462. The lowest BCUT2D eigenvalue weighted by molar-refractivity contribution is 0.0655. The van der Waals surface area contributed by atoms with Crippen LogP contribution in [0.2, 0.25) is 0 Å². The first-order valence-electron chi connectivity index (χ1n) is 5.91. The summed E-state index contributed by atoms with van der Waals surface area (Å²) in [4.78, 5) is 14.1. The molecule has 0 aliphatic carbocycles. The van der Waals surface area contributed by atoms with Crippen molar-refractivity contribution < 1.29 is 9.90 Å². The van der Waals surface area contributed by atoms with Gasteiger partial charge in [-0.1, -0.05) is 6.07 Å². The Labute approximate surface area is 101 Å². The van der Waals surface area contributed by atoms with Crippen LogP contribution in [0.5, 0.6) is 5.75 Å². The third kappa shape index (κ3) is 2.42. The largest absolute Gasteiger partial charge is 0.508 e. The minimum Gasteiger partial charge on any atom is -0.508 e. The molecular formula is C13H18N2O2. The van der Waals surface area contributed by atoms with Gasteiger partial charge >= 0.3 is 0 Å². The van der Waals surface area contributed by atoms with Gasteiger partial charge in [-0.25, -0.2) is 0 Å². The summed E-state index contributed by atoms with van der Waals surface area (Å²) in [6.45, 7) is 6.21. The van der Waals surface area contributed by atoms with E-state index in [-0.39, 0.29) is 17.7 Å². The van der Waals surface area contributed by atoms with E-state index in [9.17, 15) is 9.90 Å². The molecule has 1 aliphatic heterocycles. The van der Waals surface area contributed by atoms with Crippen molar-refractivity contribution in [1.29, 1.82) is 0 Å². The maximum Gasteiger partial charge on any atom is 0.254 e. The highest BCUT2D eigenvalue weighted by atomic mass is 16.3. The van der Waals surface area contributed by atoms with E-state index in [1.54, 1.807) is 18.2 Å². The summed E-state index contributed by atoms with van der Waals surface area (Å²) in [6.07, 6.45) is 0. The van der Waals surface area contributed by atoms with Crippen LogP contribution in [0.25, 0.3) is 0 Å². The number of hydrogen-bond donors (Lipinski definition) is 2. The van der Waals surface area contributed by atoms with Crippen molar-refractivity contribution in [2.24, 2.45) is 0 Å². The van der Waals surface area contributed by atoms with Crippen LogP contribution in [-0.2, 0) is 0 Å². The standard InChI is InChI=1S/C13H18N2O2/c1-9-3-4-11(7-12(9)16)13(17)15-6-5-14-8-10(15)2/h3-4,7,10,14,16H,5-6,8H2,1-2H3. The number of benzene rings is 1. The number of piperazine rings is 1. The zero-order chi connectivity index (χ0) is 12.4. The van der Waals surface area contributed by atoms with Crippen LogP contribution in [-0.4, -0.2) is 41.6 Å². The van der Waals surface area contributed by atoms with E-state index in [0.29, 0.717) is 12.1 Å². The number of phenolic OH excluding ortho intramolecular Hbond substituents is 1. The van der Waals surface area contributed by atoms with Crippen LogP contribution < -0.4 is 5.32 Å². The summed E-state index contributed by atoms with van der Waals surface area (Å²) in [6, 6.07) is 5.29. The molecule has 1 aromatic rings. The molecule has 1 fully saturated rings. The number of aromatic hydroxyl groups is 1. The number of carbonyl (C=O) groups excluding carboxylic acids is 1.